The van der Waals surface area contributed by atoms with Gasteiger partial charge in [0.2, 0.25) is 5.91 Å². The molecule has 1 fully saturated rings. The molecule has 1 amide bonds. The number of amides is 1. The van der Waals surface area contributed by atoms with Crippen LogP contribution in [0.15, 0.2) is 54.6 Å². The van der Waals surface area contributed by atoms with E-state index >= 15 is 0 Å². The van der Waals surface area contributed by atoms with Gasteiger partial charge in [-0.15, -0.1) is 28.7 Å². The molecule has 1 aliphatic heterocycles. The molecular formula is C18H22BrN3OS. The fraction of sp³-hybridized carbons (Fsp3) is 0.278. The number of hydrogen-bond acceptors (Lipinski definition) is 4. The van der Waals surface area contributed by atoms with E-state index in [0.29, 0.717) is 12.3 Å². The maximum absolute atomic E-state index is 12.1. The molecule has 1 unspecified atom stereocenters. The number of hydrogen-bond donors (Lipinski definition) is 2. The molecular weight excluding hydrogens is 386 g/mol. The standard InChI is InChI=1S/C18H21N3OS.BrH/c1-14-7-5-6-10-16(14)20-18-21(17(22)13-23-18)12-11-19-15-8-3-2-4-9-15;/h2-10,18-20H,11-13H2,1H3;1H. The van der Waals surface area contributed by atoms with Crippen molar-refractivity contribution in [3.63, 3.8) is 0 Å². The van der Waals surface area contributed by atoms with Crippen LogP contribution in [-0.4, -0.2) is 35.1 Å². The van der Waals surface area contributed by atoms with Crippen LogP contribution < -0.4 is 10.6 Å². The molecule has 128 valence electrons. The van der Waals surface area contributed by atoms with E-state index in [0.717, 1.165) is 17.9 Å². The van der Waals surface area contributed by atoms with Crippen molar-refractivity contribution in [1.29, 1.82) is 0 Å². The second-order valence-electron chi connectivity index (χ2n) is 5.50. The SMILES string of the molecule is Br.Cc1ccccc1NC1SCC(=O)N1CCNc1ccccc1. The number of halogens is 1. The van der Waals surface area contributed by atoms with Crippen molar-refractivity contribution in [3.05, 3.63) is 60.2 Å². The summed E-state index contributed by atoms with van der Waals surface area (Å²) in [5.41, 5.74) is 3.35. The summed E-state index contributed by atoms with van der Waals surface area (Å²) in [5, 5.41) is 6.84. The van der Waals surface area contributed by atoms with Crippen LogP contribution in [0.5, 0.6) is 0 Å². The zero-order valence-corrected chi connectivity index (χ0v) is 16.1. The highest BCUT2D eigenvalue weighted by Crippen LogP contribution is 2.27. The molecule has 24 heavy (non-hydrogen) atoms. The number of thioether (sulfide) groups is 1. The fourth-order valence-corrected chi connectivity index (χ4v) is 3.64. The number of nitrogens with zero attached hydrogens (tertiary/aromatic N) is 1. The Morgan fingerprint density at radius 2 is 1.83 bits per heavy atom. The summed E-state index contributed by atoms with van der Waals surface area (Å²) < 4.78 is 0. The largest absolute Gasteiger partial charge is 0.383 e. The maximum Gasteiger partial charge on any atom is 0.235 e. The van der Waals surface area contributed by atoms with Gasteiger partial charge in [-0.2, -0.15) is 0 Å². The van der Waals surface area contributed by atoms with Crippen molar-refractivity contribution < 1.29 is 4.79 Å². The first kappa shape index (κ1) is 18.7. The molecule has 1 atom stereocenters. The fourth-order valence-electron chi connectivity index (χ4n) is 2.56. The Morgan fingerprint density at radius 3 is 2.58 bits per heavy atom. The second kappa shape index (κ2) is 8.99. The summed E-state index contributed by atoms with van der Waals surface area (Å²) in [4.78, 5) is 14.0. The number of carbonyl (C=O) groups excluding carboxylic acids is 1. The quantitative estimate of drug-likeness (QED) is 0.760. The zero-order chi connectivity index (χ0) is 16.1. The summed E-state index contributed by atoms with van der Waals surface area (Å²) >= 11 is 1.65. The average Bonchev–Trinajstić information content (AvgIpc) is 2.91. The van der Waals surface area contributed by atoms with Gasteiger partial charge in [-0.3, -0.25) is 4.79 Å². The molecule has 2 aromatic carbocycles. The van der Waals surface area contributed by atoms with E-state index in [-0.39, 0.29) is 28.4 Å². The minimum absolute atomic E-state index is 0. The third-order valence-corrected chi connectivity index (χ3v) is 4.95. The maximum atomic E-state index is 12.1. The van der Waals surface area contributed by atoms with E-state index in [9.17, 15) is 4.79 Å². The molecule has 4 nitrogen and oxygen atoms in total. The number of rotatable bonds is 6. The molecule has 0 spiro atoms. The Kier molecular flexibility index (Phi) is 6.99. The van der Waals surface area contributed by atoms with Crippen LogP contribution in [0, 0.1) is 6.92 Å². The van der Waals surface area contributed by atoms with E-state index in [1.165, 1.54) is 5.56 Å². The Hall–Kier alpha value is -1.66. The van der Waals surface area contributed by atoms with Gasteiger partial charge >= 0.3 is 0 Å². The Bertz CT molecular complexity index is 668. The lowest BCUT2D eigenvalue weighted by atomic mass is 10.2. The second-order valence-corrected chi connectivity index (χ2v) is 6.57. The molecule has 3 rings (SSSR count). The minimum Gasteiger partial charge on any atom is -0.383 e. The Morgan fingerprint density at radius 1 is 1.12 bits per heavy atom. The van der Waals surface area contributed by atoms with E-state index in [4.69, 9.17) is 0 Å². The normalized spacial score (nSPS) is 16.6. The summed E-state index contributed by atoms with van der Waals surface area (Å²) in [7, 11) is 0. The van der Waals surface area contributed by atoms with Gasteiger partial charge in [-0.25, -0.2) is 0 Å². The van der Waals surface area contributed by atoms with Gasteiger partial charge in [0, 0.05) is 24.5 Å². The van der Waals surface area contributed by atoms with Gasteiger partial charge < -0.3 is 15.5 Å². The Labute approximate surface area is 157 Å². The van der Waals surface area contributed by atoms with Gasteiger partial charge in [-0.05, 0) is 30.7 Å². The van der Waals surface area contributed by atoms with E-state index in [1.54, 1.807) is 11.8 Å². The molecule has 2 aromatic rings. The van der Waals surface area contributed by atoms with Gasteiger partial charge in [-0.1, -0.05) is 36.4 Å². The summed E-state index contributed by atoms with van der Waals surface area (Å²) in [6.45, 7) is 3.50. The van der Waals surface area contributed by atoms with Crippen LogP contribution in [-0.2, 0) is 4.79 Å². The van der Waals surface area contributed by atoms with Gasteiger partial charge in [0.25, 0.3) is 0 Å². The molecule has 1 saturated heterocycles. The van der Waals surface area contributed by atoms with Gasteiger partial charge in [0.1, 0.15) is 0 Å². The van der Waals surface area contributed by atoms with Crippen molar-refractivity contribution in [2.45, 2.75) is 12.4 Å². The van der Waals surface area contributed by atoms with E-state index < -0.39 is 0 Å². The topological polar surface area (TPSA) is 44.4 Å². The molecule has 0 radical (unpaired) electrons. The number of nitrogens with one attached hydrogen (secondary N) is 2. The first-order chi connectivity index (χ1) is 11.2. The molecule has 0 bridgehead atoms. The lowest BCUT2D eigenvalue weighted by Gasteiger charge is -2.26. The van der Waals surface area contributed by atoms with E-state index in [2.05, 4.69) is 29.7 Å². The van der Waals surface area contributed by atoms with Crippen molar-refractivity contribution >= 4 is 46.0 Å². The Balaban J connectivity index is 0.00000208. The van der Waals surface area contributed by atoms with Crippen LogP contribution in [0.2, 0.25) is 0 Å². The third kappa shape index (κ3) is 4.68. The summed E-state index contributed by atoms with van der Waals surface area (Å²) in [5.74, 6) is 0.727. The zero-order valence-electron chi connectivity index (χ0n) is 13.6. The number of carbonyl (C=O) groups is 1. The molecule has 2 N–H and O–H groups in total. The highest BCUT2D eigenvalue weighted by atomic mass is 79.9. The molecule has 6 heteroatoms. The van der Waals surface area contributed by atoms with Crippen LogP contribution in [0.25, 0.3) is 0 Å². The number of anilines is 2. The van der Waals surface area contributed by atoms with Crippen LogP contribution in [0.4, 0.5) is 11.4 Å². The number of para-hydroxylation sites is 2. The van der Waals surface area contributed by atoms with Gasteiger partial charge in [0.05, 0.1) is 5.75 Å². The average molecular weight is 408 g/mol. The monoisotopic (exact) mass is 407 g/mol. The highest BCUT2D eigenvalue weighted by Gasteiger charge is 2.31. The first-order valence-electron chi connectivity index (χ1n) is 7.76. The first-order valence-corrected chi connectivity index (χ1v) is 8.81. The molecule has 0 aliphatic carbocycles. The predicted octanol–water partition coefficient (Wildman–Crippen LogP) is 3.96. The van der Waals surface area contributed by atoms with Crippen molar-refractivity contribution in [2.24, 2.45) is 0 Å². The molecule has 1 aliphatic rings. The van der Waals surface area contributed by atoms with Crippen LogP contribution >= 0.6 is 28.7 Å². The number of benzene rings is 2. The van der Waals surface area contributed by atoms with Crippen LogP contribution in [0.3, 0.4) is 0 Å². The molecule has 0 aromatic heterocycles. The lowest BCUT2D eigenvalue weighted by molar-refractivity contribution is -0.127. The summed E-state index contributed by atoms with van der Waals surface area (Å²) in [6, 6.07) is 18.2. The summed E-state index contributed by atoms with van der Waals surface area (Å²) in [6.07, 6.45) is 0. The van der Waals surface area contributed by atoms with Crippen molar-refractivity contribution in [2.75, 3.05) is 29.5 Å². The molecule has 0 saturated carbocycles. The smallest absolute Gasteiger partial charge is 0.235 e. The van der Waals surface area contributed by atoms with Crippen molar-refractivity contribution in [3.8, 4) is 0 Å². The van der Waals surface area contributed by atoms with Crippen molar-refractivity contribution in [1.82, 2.24) is 4.90 Å². The lowest BCUT2D eigenvalue weighted by Crippen LogP contribution is -2.40. The van der Waals surface area contributed by atoms with Crippen LogP contribution in [0.1, 0.15) is 5.56 Å². The highest BCUT2D eigenvalue weighted by molar-refractivity contribution is 8.93. The number of aryl methyl sites for hydroxylation is 1. The van der Waals surface area contributed by atoms with Gasteiger partial charge in [0.15, 0.2) is 5.50 Å². The molecule has 1 heterocycles. The predicted molar refractivity (Wildman–Crippen MR) is 108 cm³/mol. The van der Waals surface area contributed by atoms with E-state index in [1.807, 2.05) is 47.4 Å². The third-order valence-electron chi connectivity index (χ3n) is 3.85. The minimum atomic E-state index is 0.